The molecule has 0 radical (unpaired) electrons. The molecule has 168 valence electrons. The Morgan fingerprint density at radius 2 is 1.94 bits per heavy atom. The highest BCUT2D eigenvalue weighted by Crippen LogP contribution is 2.41. The maximum absolute atomic E-state index is 11.3. The van der Waals surface area contributed by atoms with Gasteiger partial charge in [0.05, 0.1) is 10.6 Å². The number of nitrogens with one attached hydrogen (secondary N) is 3. The Morgan fingerprint density at radius 1 is 1.12 bits per heavy atom. The van der Waals surface area contributed by atoms with Gasteiger partial charge in [0.2, 0.25) is 0 Å². The monoisotopic (exact) mass is 454 g/mol. The summed E-state index contributed by atoms with van der Waals surface area (Å²) in [5.74, 6) is 0.464. The van der Waals surface area contributed by atoms with E-state index in [2.05, 4.69) is 25.6 Å². The molecule has 0 unspecified atom stereocenters. The summed E-state index contributed by atoms with van der Waals surface area (Å²) in [5, 5.41) is 44.9. The number of aromatic amines is 2. The van der Waals surface area contributed by atoms with Gasteiger partial charge in [-0.1, -0.05) is 12.1 Å². The van der Waals surface area contributed by atoms with Crippen LogP contribution in [-0.4, -0.2) is 41.5 Å². The Hall–Kier alpha value is -5.06. The highest BCUT2D eigenvalue weighted by molar-refractivity contribution is 6.00. The van der Waals surface area contributed by atoms with Crippen LogP contribution >= 0.6 is 0 Å². The molecule has 0 spiro atoms. The molecule has 11 nitrogen and oxygen atoms in total. The lowest BCUT2D eigenvalue weighted by atomic mass is 9.95. The van der Waals surface area contributed by atoms with E-state index in [1.807, 2.05) is 18.2 Å². The lowest BCUT2D eigenvalue weighted by Crippen LogP contribution is -2.10. The number of aromatic nitrogens is 5. The normalized spacial score (nSPS) is 11.1. The molecule has 0 aliphatic heterocycles. The Labute approximate surface area is 191 Å². The number of tetrazole rings is 1. The molecule has 2 aromatic heterocycles. The standard InChI is InChI=1S/C23H18N8O3/c24-23(25)14-4-5-19-15(9-14)11-20(26-19)18-7-12(8-21-27-29-30-28-21)6-17(22(18)32)13-2-1-3-16(10-13)31(33)34/h1-7,9-11,26,32H,8H2,(H3,24,25)(H,27,28,29,30). The van der Waals surface area contributed by atoms with Crippen molar-refractivity contribution in [3.63, 3.8) is 0 Å². The number of nitrogens with two attached hydrogens (primary N) is 1. The Morgan fingerprint density at radius 3 is 2.68 bits per heavy atom. The summed E-state index contributed by atoms with van der Waals surface area (Å²) < 4.78 is 0. The van der Waals surface area contributed by atoms with Crippen LogP contribution in [0, 0.1) is 15.5 Å². The maximum atomic E-state index is 11.3. The SMILES string of the molecule is N=C(N)c1ccc2[nH]c(-c3cc(Cc4nnn[nH]4)cc(-c4cccc([N+](=O)[O-])c4)c3O)cc2c1. The van der Waals surface area contributed by atoms with E-state index in [9.17, 15) is 15.2 Å². The fourth-order valence-electron chi connectivity index (χ4n) is 3.90. The molecule has 2 heterocycles. The van der Waals surface area contributed by atoms with E-state index in [0.717, 1.165) is 16.5 Å². The molecule has 34 heavy (non-hydrogen) atoms. The molecule has 0 aliphatic rings. The smallest absolute Gasteiger partial charge is 0.270 e. The summed E-state index contributed by atoms with van der Waals surface area (Å²) >= 11 is 0. The van der Waals surface area contributed by atoms with Gasteiger partial charge < -0.3 is 15.8 Å². The number of amidine groups is 1. The zero-order valence-electron chi connectivity index (χ0n) is 17.6. The number of nitro benzene ring substituents is 1. The molecule has 0 fully saturated rings. The molecule has 6 N–H and O–H groups in total. The average molecular weight is 454 g/mol. The van der Waals surface area contributed by atoms with E-state index in [1.165, 1.54) is 12.1 Å². The highest BCUT2D eigenvalue weighted by atomic mass is 16.6. The first-order valence-electron chi connectivity index (χ1n) is 10.2. The minimum Gasteiger partial charge on any atom is -0.507 e. The van der Waals surface area contributed by atoms with Crippen molar-refractivity contribution in [3.8, 4) is 28.1 Å². The quantitative estimate of drug-likeness (QED) is 0.112. The number of nitrogen functional groups attached to an aromatic ring is 1. The number of nitro groups is 1. The van der Waals surface area contributed by atoms with Crippen LogP contribution in [0.1, 0.15) is 17.0 Å². The first-order valence-corrected chi connectivity index (χ1v) is 10.2. The number of non-ortho nitro benzene ring substituents is 1. The third kappa shape index (κ3) is 3.81. The van der Waals surface area contributed by atoms with Crippen LogP contribution in [0.3, 0.4) is 0 Å². The van der Waals surface area contributed by atoms with Crippen molar-refractivity contribution in [1.82, 2.24) is 25.6 Å². The van der Waals surface area contributed by atoms with Gasteiger partial charge in [-0.05, 0) is 58.0 Å². The Kier molecular flexibility index (Phi) is 4.98. The zero-order valence-corrected chi connectivity index (χ0v) is 17.6. The lowest BCUT2D eigenvalue weighted by Gasteiger charge is -2.12. The number of nitrogens with zero attached hydrogens (tertiary/aromatic N) is 4. The van der Waals surface area contributed by atoms with Gasteiger partial charge in [-0.25, -0.2) is 5.10 Å². The Balaban J connectivity index is 1.69. The van der Waals surface area contributed by atoms with Gasteiger partial charge in [-0.15, -0.1) is 5.10 Å². The minimum absolute atomic E-state index is 0.0294. The molecule has 11 heteroatoms. The molecule has 0 saturated carbocycles. The van der Waals surface area contributed by atoms with Crippen molar-refractivity contribution < 1.29 is 10.0 Å². The van der Waals surface area contributed by atoms with E-state index in [1.54, 1.807) is 30.3 Å². The second kappa shape index (κ2) is 8.13. The highest BCUT2D eigenvalue weighted by Gasteiger charge is 2.18. The number of fused-ring (bicyclic) bond motifs is 1. The van der Waals surface area contributed by atoms with Gasteiger partial charge in [0.15, 0.2) is 5.82 Å². The molecule has 5 rings (SSSR count). The third-order valence-electron chi connectivity index (χ3n) is 5.52. The molecule has 0 atom stereocenters. The van der Waals surface area contributed by atoms with Crippen LogP contribution in [0.15, 0.2) is 60.7 Å². The molecule has 5 aromatic rings. The van der Waals surface area contributed by atoms with Crippen molar-refractivity contribution in [2.24, 2.45) is 5.73 Å². The number of aromatic hydroxyl groups is 1. The Bertz CT molecular complexity index is 1560. The average Bonchev–Trinajstić information content (AvgIpc) is 3.49. The predicted octanol–water partition coefficient (Wildman–Crippen LogP) is 3.50. The molecule has 0 bridgehead atoms. The molecular weight excluding hydrogens is 436 g/mol. The van der Waals surface area contributed by atoms with Crippen LogP contribution in [0.25, 0.3) is 33.3 Å². The zero-order chi connectivity index (χ0) is 23.8. The van der Waals surface area contributed by atoms with Gasteiger partial charge in [0.1, 0.15) is 11.6 Å². The fraction of sp³-hybridized carbons (Fsp3) is 0.0435. The molecular formula is C23H18N8O3. The van der Waals surface area contributed by atoms with Gasteiger partial charge in [-0.2, -0.15) is 0 Å². The van der Waals surface area contributed by atoms with Gasteiger partial charge >= 0.3 is 0 Å². The largest absolute Gasteiger partial charge is 0.507 e. The van der Waals surface area contributed by atoms with Gasteiger partial charge in [0, 0.05) is 46.1 Å². The molecule has 0 aliphatic carbocycles. The number of phenolic OH excluding ortho intramolecular Hbond substituents is 1. The van der Waals surface area contributed by atoms with Gasteiger partial charge in [0.25, 0.3) is 5.69 Å². The van der Waals surface area contributed by atoms with E-state index < -0.39 is 4.92 Å². The second-order valence-electron chi connectivity index (χ2n) is 7.77. The van der Waals surface area contributed by atoms with Crippen LogP contribution in [-0.2, 0) is 6.42 Å². The summed E-state index contributed by atoms with van der Waals surface area (Å²) in [7, 11) is 0. The fourth-order valence-corrected chi connectivity index (χ4v) is 3.90. The van der Waals surface area contributed by atoms with Crippen molar-refractivity contribution in [2.75, 3.05) is 0 Å². The van der Waals surface area contributed by atoms with Crippen molar-refractivity contribution in [1.29, 1.82) is 5.41 Å². The van der Waals surface area contributed by atoms with Crippen molar-refractivity contribution in [2.45, 2.75) is 6.42 Å². The summed E-state index contributed by atoms with van der Waals surface area (Å²) in [6.07, 6.45) is 0.358. The van der Waals surface area contributed by atoms with Crippen LogP contribution in [0.4, 0.5) is 5.69 Å². The lowest BCUT2D eigenvalue weighted by molar-refractivity contribution is -0.384. The minimum atomic E-state index is -0.476. The van der Waals surface area contributed by atoms with Crippen LogP contribution < -0.4 is 5.73 Å². The van der Waals surface area contributed by atoms with Crippen LogP contribution in [0.5, 0.6) is 5.75 Å². The van der Waals surface area contributed by atoms with E-state index in [-0.39, 0.29) is 17.3 Å². The first kappa shape index (κ1) is 20.8. The van der Waals surface area contributed by atoms with Gasteiger partial charge in [-0.3, -0.25) is 15.5 Å². The summed E-state index contributed by atoms with van der Waals surface area (Å²) in [5.41, 5.74) is 9.80. The summed E-state index contributed by atoms with van der Waals surface area (Å²) in [6.45, 7) is 0. The predicted molar refractivity (Wildman–Crippen MR) is 125 cm³/mol. The first-order chi connectivity index (χ1) is 16.4. The number of H-pyrrole nitrogens is 2. The summed E-state index contributed by atoms with van der Waals surface area (Å²) in [6, 6.07) is 16.9. The van der Waals surface area contributed by atoms with E-state index in [4.69, 9.17) is 11.1 Å². The molecule has 0 amide bonds. The van der Waals surface area contributed by atoms with E-state index >= 15 is 0 Å². The maximum Gasteiger partial charge on any atom is 0.270 e. The van der Waals surface area contributed by atoms with E-state index in [0.29, 0.717) is 40.2 Å². The van der Waals surface area contributed by atoms with Crippen molar-refractivity contribution in [3.05, 3.63) is 87.7 Å². The molecule has 3 aromatic carbocycles. The second-order valence-corrected chi connectivity index (χ2v) is 7.77. The third-order valence-corrected chi connectivity index (χ3v) is 5.52. The molecule has 0 saturated heterocycles. The summed E-state index contributed by atoms with van der Waals surface area (Å²) in [4.78, 5) is 14.1. The number of phenols is 1. The number of hydrogen-bond acceptors (Lipinski definition) is 7. The van der Waals surface area contributed by atoms with Crippen LogP contribution in [0.2, 0.25) is 0 Å². The number of hydrogen-bond donors (Lipinski definition) is 5. The topological polar surface area (TPSA) is 183 Å². The van der Waals surface area contributed by atoms with Crippen molar-refractivity contribution >= 4 is 22.4 Å². The number of rotatable bonds is 6. The number of benzene rings is 3.